The van der Waals surface area contributed by atoms with E-state index < -0.39 is 0 Å². The Balaban J connectivity index is 1.92. The monoisotopic (exact) mass is 360 g/mol. The summed E-state index contributed by atoms with van der Waals surface area (Å²) in [5.74, 6) is -0.967. The van der Waals surface area contributed by atoms with Crippen LogP contribution in [0.5, 0.6) is 0 Å². The summed E-state index contributed by atoms with van der Waals surface area (Å²) in [7, 11) is 0. The standard InChI is InChI=1S/C20H25FN2O3/c1-14(2)26-13-12-23-19(24)17(15-6-8-16(21)9-7-15)18(20(23)25)22-10-4-3-5-11-22/h6-9,14H,3-5,10-13H2,1-2H3. The maximum absolute atomic E-state index is 13.3. The van der Waals surface area contributed by atoms with Gasteiger partial charge in [0.15, 0.2) is 0 Å². The summed E-state index contributed by atoms with van der Waals surface area (Å²) in [6, 6.07) is 5.76. The molecule has 1 fully saturated rings. The molecule has 6 heteroatoms. The van der Waals surface area contributed by atoms with Gasteiger partial charge in [0.25, 0.3) is 11.8 Å². The number of carbonyl (C=O) groups excluding carboxylic acids is 2. The zero-order valence-corrected chi connectivity index (χ0v) is 15.3. The van der Waals surface area contributed by atoms with Gasteiger partial charge in [0.2, 0.25) is 0 Å². The Hall–Kier alpha value is -2.21. The van der Waals surface area contributed by atoms with E-state index in [1.54, 1.807) is 12.1 Å². The number of rotatable bonds is 6. The first kappa shape index (κ1) is 18.6. The van der Waals surface area contributed by atoms with Crippen LogP contribution >= 0.6 is 0 Å². The molecule has 0 spiro atoms. The van der Waals surface area contributed by atoms with Crippen molar-refractivity contribution in [1.82, 2.24) is 9.80 Å². The van der Waals surface area contributed by atoms with Crippen molar-refractivity contribution >= 4 is 17.4 Å². The van der Waals surface area contributed by atoms with Gasteiger partial charge in [-0.3, -0.25) is 14.5 Å². The third-order valence-electron chi connectivity index (χ3n) is 4.71. The van der Waals surface area contributed by atoms with Crippen molar-refractivity contribution < 1.29 is 18.7 Å². The van der Waals surface area contributed by atoms with Crippen molar-refractivity contribution in [3.8, 4) is 0 Å². The highest BCUT2D eigenvalue weighted by Gasteiger charge is 2.41. The molecule has 1 saturated heterocycles. The highest BCUT2D eigenvalue weighted by Crippen LogP contribution is 2.33. The second-order valence-corrected chi connectivity index (χ2v) is 6.96. The fourth-order valence-corrected chi connectivity index (χ4v) is 3.43. The number of hydrogen-bond donors (Lipinski definition) is 0. The molecule has 2 aliphatic heterocycles. The highest BCUT2D eigenvalue weighted by molar-refractivity contribution is 6.35. The van der Waals surface area contributed by atoms with Crippen LogP contribution in [0.4, 0.5) is 4.39 Å². The van der Waals surface area contributed by atoms with Gasteiger partial charge < -0.3 is 9.64 Å². The fourth-order valence-electron chi connectivity index (χ4n) is 3.43. The number of nitrogens with zero attached hydrogens (tertiary/aromatic N) is 2. The van der Waals surface area contributed by atoms with E-state index in [1.807, 2.05) is 18.7 Å². The third-order valence-corrected chi connectivity index (χ3v) is 4.71. The van der Waals surface area contributed by atoms with Crippen LogP contribution in [0.1, 0.15) is 38.7 Å². The zero-order chi connectivity index (χ0) is 18.7. The first-order valence-electron chi connectivity index (χ1n) is 9.22. The van der Waals surface area contributed by atoms with Gasteiger partial charge in [-0.2, -0.15) is 0 Å². The molecule has 1 aromatic carbocycles. The second kappa shape index (κ2) is 7.99. The maximum Gasteiger partial charge on any atom is 0.277 e. The summed E-state index contributed by atoms with van der Waals surface area (Å²) < 4.78 is 18.8. The molecule has 0 N–H and O–H groups in total. The molecule has 5 nitrogen and oxygen atoms in total. The largest absolute Gasteiger partial charge is 0.377 e. The van der Waals surface area contributed by atoms with Crippen molar-refractivity contribution in [1.29, 1.82) is 0 Å². The molecule has 140 valence electrons. The summed E-state index contributed by atoms with van der Waals surface area (Å²) in [5.41, 5.74) is 1.41. The van der Waals surface area contributed by atoms with E-state index in [2.05, 4.69) is 0 Å². The molecule has 0 radical (unpaired) electrons. The van der Waals surface area contributed by atoms with Gasteiger partial charge in [-0.05, 0) is 50.8 Å². The predicted molar refractivity (Wildman–Crippen MR) is 96.6 cm³/mol. The van der Waals surface area contributed by atoms with Gasteiger partial charge in [-0.15, -0.1) is 0 Å². The molecule has 0 unspecified atom stereocenters. The molecule has 0 atom stereocenters. The maximum atomic E-state index is 13.3. The third kappa shape index (κ3) is 3.80. The lowest BCUT2D eigenvalue weighted by Gasteiger charge is -2.29. The number of halogens is 1. The van der Waals surface area contributed by atoms with Crippen molar-refractivity contribution in [2.24, 2.45) is 0 Å². The predicted octanol–water partition coefficient (Wildman–Crippen LogP) is 2.82. The Morgan fingerprint density at radius 3 is 2.31 bits per heavy atom. The summed E-state index contributed by atoms with van der Waals surface area (Å²) in [6.45, 7) is 5.87. The number of amides is 2. The number of piperidine rings is 1. The summed E-state index contributed by atoms with van der Waals surface area (Å²) >= 11 is 0. The Morgan fingerprint density at radius 1 is 1.04 bits per heavy atom. The van der Waals surface area contributed by atoms with Crippen LogP contribution in [0.25, 0.3) is 5.57 Å². The number of likely N-dealkylation sites (tertiary alicyclic amines) is 1. The minimum absolute atomic E-state index is 0.0360. The Morgan fingerprint density at radius 2 is 1.69 bits per heavy atom. The molecular weight excluding hydrogens is 335 g/mol. The number of carbonyl (C=O) groups is 2. The van der Waals surface area contributed by atoms with Crippen LogP contribution in [0, 0.1) is 5.82 Å². The van der Waals surface area contributed by atoms with E-state index in [0.29, 0.717) is 23.4 Å². The van der Waals surface area contributed by atoms with E-state index in [4.69, 9.17) is 4.74 Å². The van der Waals surface area contributed by atoms with Gasteiger partial charge in [0.1, 0.15) is 11.5 Å². The van der Waals surface area contributed by atoms with Crippen LogP contribution in [0.2, 0.25) is 0 Å². The van der Waals surface area contributed by atoms with E-state index in [9.17, 15) is 14.0 Å². The molecule has 3 rings (SSSR count). The van der Waals surface area contributed by atoms with Crippen molar-refractivity contribution in [3.05, 3.63) is 41.3 Å². The molecule has 0 bridgehead atoms. The SMILES string of the molecule is CC(C)OCCN1C(=O)C(c2ccc(F)cc2)=C(N2CCCCC2)C1=O. The van der Waals surface area contributed by atoms with E-state index >= 15 is 0 Å². The lowest BCUT2D eigenvalue weighted by atomic mass is 10.0. The van der Waals surface area contributed by atoms with Gasteiger partial charge in [0, 0.05) is 13.1 Å². The molecular formula is C20H25FN2O3. The molecule has 2 amide bonds. The first-order chi connectivity index (χ1) is 12.5. The summed E-state index contributed by atoms with van der Waals surface area (Å²) in [6.07, 6.45) is 3.16. The van der Waals surface area contributed by atoms with Crippen LogP contribution in [0.15, 0.2) is 30.0 Å². The summed E-state index contributed by atoms with van der Waals surface area (Å²) in [5, 5.41) is 0. The number of ether oxygens (including phenoxy) is 1. The van der Waals surface area contributed by atoms with Crippen molar-refractivity contribution in [3.63, 3.8) is 0 Å². The lowest BCUT2D eigenvalue weighted by molar-refractivity contribution is -0.138. The van der Waals surface area contributed by atoms with Gasteiger partial charge in [0.05, 0.1) is 24.8 Å². The van der Waals surface area contributed by atoms with Gasteiger partial charge in [-0.25, -0.2) is 4.39 Å². The average molecular weight is 360 g/mol. The molecule has 2 heterocycles. The quantitative estimate of drug-likeness (QED) is 0.732. The highest BCUT2D eigenvalue weighted by atomic mass is 19.1. The smallest absolute Gasteiger partial charge is 0.277 e. The zero-order valence-electron chi connectivity index (χ0n) is 15.3. The number of hydrogen-bond acceptors (Lipinski definition) is 4. The van der Waals surface area contributed by atoms with Crippen molar-refractivity contribution in [2.75, 3.05) is 26.2 Å². The second-order valence-electron chi connectivity index (χ2n) is 6.96. The Labute approximate surface area is 153 Å². The number of imide groups is 1. The first-order valence-corrected chi connectivity index (χ1v) is 9.22. The van der Waals surface area contributed by atoms with Gasteiger partial charge in [-0.1, -0.05) is 12.1 Å². The van der Waals surface area contributed by atoms with Crippen LogP contribution in [0.3, 0.4) is 0 Å². The molecule has 26 heavy (non-hydrogen) atoms. The summed E-state index contributed by atoms with van der Waals surface area (Å²) in [4.78, 5) is 29.3. The van der Waals surface area contributed by atoms with E-state index in [-0.39, 0.29) is 30.3 Å². The molecule has 0 saturated carbocycles. The molecule has 0 aromatic heterocycles. The average Bonchev–Trinajstić information content (AvgIpc) is 2.87. The Kier molecular flexibility index (Phi) is 5.71. The molecule has 1 aromatic rings. The van der Waals surface area contributed by atoms with Gasteiger partial charge >= 0.3 is 0 Å². The Bertz CT molecular complexity index is 706. The van der Waals surface area contributed by atoms with Crippen LogP contribution in [-0.2, 0) is 14.3 Å². The lowest BCUT2D eigenvalue weighted by Crippen LogP contribution is -2.39. The molecule has 0 aliphatic carbocycles. The molecule has 2 aliphatic rings. The topological polar surface area (TPSA) is 49.9 Å². The van der Waals surface area contributed by atoms with Crippen molar-refractivity contribution in [2.45, 2.75) is 39.2 Å². The number of benzene rings is 1. The van der Waals surface area contributed by atoms with Crippen LogP contribution in [-0.4, -0.2) is 54.0 Å². The van der Waals surface area contributed by atoms with Crippen LogP contribution < -0.4 is 0 Å². The van der Waals surface area contributed by atoms with E-state index in [0.717, 1.165) is 32.4 Å². The minimum Gasteiger partial charge on any atom is -0.377 e. The normalized spacial score (nSPS) is 18.5. The fraction of sp³-hybridized carbons (Fsp3) is 0.500. The van der Waals surface area contributed by atoms with E-state index in [1.165, 1.54) is 17.0 Å². The minimum atomic E-state index is -0.368.